The van der Waals surface area contributed by atoms with E-state index >= 15 is 0 Å². The van der Waals surface area contributed by atoms with Crippen LogP contribution >= 0.6 is 11.5 Å². The second kappa shape index (κ2) is 6.42. The number of carbonyl (C=O) groups excluding carboxylic acids is 1. The van der Waals surface area contributed by atoms with E-state index in [1.54, 1.807) is 26.2 Å². The lowest BCUT2D eigenvalue weighted by Gasteiger charge is -2.06. The molecular formula is C13H16N4O2S. The van der Waals surface area contributed by atoms with E-state index in [2.05, 4.69) is 19.7 Å². The quantitative estimate of drug-likeness (QED) is 0.852. The van der Waals surface area contributed by atoms with Gasteiger partial charge in [0.05, 0.1) is 36.4 Å². The number of carbonyl (C=O) groups is 1. The Kier molecular flexibility index (Phi) is 4.62. The van der Waals surface area contributed by atoms with Crippen molar-refractivity contribution < 1.29 is 9.53 Å². The fourth-order valence-corrected chi connectivity index (χ4v) is 2.39. The van der Waals surface area contributed by atoms with Crippen molar-refractivity contribution in [3.05, 3.63) is 35.0 Å². The largest absolute Gasteiger partial charge is 0.462 e. The van der Waals surface area contributed by atoms with E-state index in [0.717, 1.165) is 11.4 Å². The van der Waals surface area contributed by atoms with Crippen LogP contribution in [0.2, 0.25) is 0 Å². The zero-order valence-corrected chi connectivity index (χ0v) is 12.5. The second-order valence-electron chi connectivity index (χ2n) is 4.20. The van der Waals surface area contributed by atoms with E-state index in [4.69, 9.17) is 4.74 Å². The van der Waals surface area contributed by atoms with Gasteiger partial charge in [-0.1, -0.05) is 0 Å². The van der Waals surface area contributed by atoms with E-state index in [0.29, 0.717) is 29.4 Å². The maximum absolute atomic E-state index is 11.9. The van der Waals surface area contributed by atoms with Gasteiger partial charge < -0.3 is 10.1 Å². The molecule has 0 aromatic carbocycles. The minimum atomic E-state index is -0.351. The van der Waals surface area contributed by atoms with Crippen molar-refractivity contribution >= 4 is 22.5 Å². The molecule has 0 unspecified atom stereocenters. The van der Waals surface area contributed by atoms with Gasteiger partial charge in [0.1, 0.15) is 10.6 Å². The van der Waals surface area contributed by atoms with Crippen LogP contribution in [0.4, 0.5) is 5.00 Å². The van der Waals surface area contributed by atoms with E-state index in [9.17, 15) is 4.79 Å². The Balaban J connectivity index is 2.10. The molecule has 6 nitrogen and oxygen atoms in total. The van der Waals surface area contributed by atoms with Crippen molar-refractivity contribution in [1.29, 1.82) is 0 Å². The van der Waals surface area contributed by atoms with Crippen molar-refractivity contribution in [2.24, 2.45) is 0 Å². The summed E-state index contributed by atoms with van der Waals surface area (Å²) in [5.74, 6) is -0.351. The number of aromatic nitrogens is 3. The topological polar surface area (TPSA) is 77.0 Å². The summed E-state index contributed by atoms with van der Waals surface area (Å²) in [4.78, 5) is 20.3. The molecule has 7 heteroatoms. The van der Waals surface area contributed by atoms with Crippen LogP contribution in [-0.4, -0.2) is 26.9 Å². The lowest BCUT2D eigenvalue weighted by molar-refractivity contribution is 0.0527. The molecule has 0 spiro atoms. The Morgan fingerprint density at radius 2 is 2.15 bits per heavy atom. The third kappa shape index (κ3) is 3.30. The van der Waals surface area contributed by atoms with Gasteiger partial charge in [0.15, 0.2) is 0 Å². The summed E-state index contributed by atoms with van der Waals surface area (Å²) in [5.41, 5.74) is 2.84. The highest BCUT2D eigenvalue weighted by Gasteiger charge is 2.19. The van der Waals surface area contributed by atoms with Crippen LogP contribution in [-0.2, 0) is 11.3 Å². The Labute approximate surface area is 121 Å². The molecule has 0 radical (unpaired) electrons. The van der Waals surface area contributed by atoms with Crippen molar-refractivity contribution in [1.82, 2.24) is 14.3 Å². The van der Waals surface area contributed by atoms with E-state index in [1.807, 2.05) is 6.92 Å². The molecule has 0 fully saturated rings. The Morgan fingerprint density at radius 1 is 1.35 bits per heavy atom. The third-order valence-corrected chi connectivity index (χ3v) is 3.50. The summed E-state index contributed by atoms with van der Waals surface area (Å²) in [6, 6.07) is 0. The summed E-state index contributed by atoms with van der Waals surface area (Å²) in [5, 5.41) is 3.86. The number of esters is 1. The van der Waals surface area contributed by atoms with Crippen LogP contribution in [0.25, 0.3) is 0 Å². The summed E-state index contributed by atoms with van der Waals surface area (Å²) in [6.07, 6.45) is 3.42. The normalized spacial score (nSPS) is 10.3. The molecule has 2 rings (SSSR count). The maximum atomic E-state index is 11.9. The van der Waals surface area contributed by atoms with Crippen LogP contribution in [0.1, 0.15) is 34.4 Å². The maximum Gasteiger partial charge on any atom is 0.343 e. The zero-order valence-electron chi connectivity index (χ0n) is 11.6. The molecule has 1 N–H and O–H groups in total. The standard InChI is InChI=1S/C13H16N4O2S/c1-4-19-13(18)11-9(3)17-20-12(11)16-7-10-6-14-8(2)5-15-10/h5-6,16H,4,7H2,1-3H3. The van der Waals surface area contributed by atoms with Gasteiger partial charge in [-0.25, -0.2) is 4.79 Å². The fraction of sp³-hybridized carbons (Fsp3) is 0.385. The average Bonchev–Trinajstić information content (AvgIpc) is 2.79. The first-order chi connectivity index (χ1) is 9.61. The highest BCUT2D eigenvalue weighted by atomic mass is 32.1. The summed E-state index contributed by atoms with van der Waals surface area (Å²) < 4.78 is 9.22. The van der Waals surface area contributed by atoms with Crippen LogP contribution in [0, 0.1) is 13.8 Å². The second-order valence-corrected chi connectivity index (χ2v) is 4.97. The molecule has 20 heavy (non-hydrogen) atoms. The molecule has 106 valence electrons. The van der Waals surface area contributed by atoms with Crippen molar-refractivity contribution in [3.8, 4) is 0 Å². The predicted molar refractivity (Wildman–Crippen MR) is 76.9 cm³/mol. The van der Waals surface area contributed by atoms with Crippen LogP contribution in [0.5, 0.6) is 0 Å². The highest BCUT2D eigenvalue weighted by Crippen LogP contribution is 2.25. The van der Waals surface area contributed by atoms with Gasteiger partial charge in [-0.05, 0) is 32.3 Å². The van der Waals surface area contributed by atoms with Gasteiger partial charge in [-0.15, -0.1) is 0 Å². The SMILES string of the molecule is CCOC(=O)c1c(C)nsc1NCc1cnc(C)cn1. The predicted octanol–water partition coefficient (Wildman–Crippen LogP) is 2.34. The molecule has 2 heterocycles. The summed E-state index contributed by atoms with van der Waals surface area (Å²) >= 11 is 1.24. The van der Waals surface area contributed by atoms with Crippen LogP contribution in [0.15, 0.2) is 12.4 Å². The van der Waals surface area contributed by atoms with Gasteiger partial charge >= 0.3 is 5.97 Å². The number of rotatable bonds is 5. The molecule has 0 aliphatic rings. The minimum absolute atomic E-state index is 0.344. The van der Waals surface area contributed by atoms with Crippen molar-refractivity contribution in [2.75, 3.05) is 11.9 Å². The smallest absolute Gasteiger partial charge is 0.343 e. The molecular weight excluding hydrogens is 276 g/mol. The average molecular weight is 292 g/mol. The van der Waals surface area contributed by atoms with Gasteiger partial charge in [-0.2, -0.15) is 4.37 Å². The Hall–Kier alpha value is -2.02. The number of hydrogen-bond donors (Lipinski definition) is 1. The fourth-order valence-electron chi connectivity index (χ4n) is 1.62. The number of nitrogens with one attached hydrogen (secondary N) is 1. The lowest BCUT2D eigenvalue weighted by atomic mass is 10.2. The molecule has 0 saturated carbocycles. The van der Waals surface area contributed by atoms with Gasteiger partial charge in [0, 0.05) is 6.20 Å². The van der Waals surface area contributed by atoms with Crippen molar-refractivity contribution in [3.63, 3.8) is 0 Å². The van der Waals surface area contributed by atoms with Gasteiger partial charge in [-0.3, -0.25) is 9.97 Å². The number of anilines is 1. The Bertz CT molecular complexity index is 595. The summed E-state index contributed by atoms with van der Waals surface area (Å²) in [6.45, 7) is 6.29. The van der Waals surface area contributed by atoms with Crippen LogP contribution < -0.4 is 5.32 Å². The molecule has 2 aromatic heterocycles. The van der Waals surface area contributed by atoms with E-state index in [1.165, 1.54) is 11.5 Å². The van der Waals surface area contributed by atoms with Crippen LogP contribution in [0.3, 0.4) is 0 Å². The van der Waals surface area contributed by atoms with Gasteiger partial charge in [0.2, 0.25) is 0 Å². The third-order valence-electron chi connectivity index (χ3n) is 2.61. The first-order valence-corrected chi connectivity index (χ1v) is 7.04. The van der Waals surface area contributed by atoms with E-state index < -0.39 is 0 Å². The first-order valence-electron chi connectivity index (χ1n) is 6.26. The van der Waals surface area contributed by atoms with Crippen molar-refractivity contribution in [2.45, 2.75) is 27.3 Å². The molecule has 2 aromatic rings. The molecule has 0 aliphatic heterocycles. The minimum Gasteiger partial charge on any atom is -0.462 e. The van der Waals surface area contributed by atoms with E-state index in [-0.39, 0.29) is 5.97 Å². The van der Waals surface area contributed by atoms with Gasteiger partial charge in [0.25, 0.3) is 0 Å². The number of ether oxygens (including phenoxy) is 1. The number of nitrogens with zero attached hydrogens (tertiary/aromatic N) is 3. The highest BCUT2D eigenvalue weighted by molar-refractivity contribution is 7.10. The lowest BCUT2D eigenvalue weighted by Crippen LogP contribution is -2.09. The number of aryl methyl sites for hydroxylation is 2. The Morgan fingerprint density at radius 3 is 2.80 bits per heavy atom. The first kappa shape index (κ1) is 14.4. The summed E-state index contributed by atoms with van der Waals surface area (Å²) in [7, 11) is 0. The molecule has 0 atom stereocenters. The number of hydrogen-bond acceptors (Lipinski definition) is 7. The zero-order chi connectivity index (χ0) is 14.5. The molecule has 0 bridgehead atoms. The molecule has 0 saturated heterocycles. The monoisotopic (exact) mass is 292 g/mol. The molecule has 0 amide bonds. The molecule has 0 aliphatic carbocycles.